The van der Waals surface area contributed by atoms with Gasteiger partial charge in [-0.1, -0.05) is 73.5 Å². The lowest BCUT2D eigenvalue weighted by atomic mass is 10.0. The lowest BCUT2D eigenvalue weighted by Gasteiger charge is -2.32. The van der Waals surface area contributed by atoms with Gasteiger partial charge in [0.2, 0.25) is 21.8 Å². The normalized spacial score (nSPS) is 14.6. The van der Waals surface area contributed by atoms with E-state index in [-0.39, 0.29) is 54.5 Å². The number of carbonyl (C=O) groups excluding carboxylic acids is 2. The molecular weight excluding hydrogens is 541 g/mol. The number of benzene rings is 3. The predicted molar refractivity (Wildman–Crippen MR) is 157 cm³/mol. The fourth-order valence-corrected chi connectivity index (χ4v) is 6.43. The molecule has 0 bridgehead atoms. The lowest BCUT2D eigenvalue weighted by Crippen LogP contribution is -2.52. The Morgan fingerprint density at radius 3 is 2.15 bits per heavy atom. The van der Waals surface area contributed by atoms with Gasteiger partial charge in [0.05, 0.1) is 4.90 Å². The first-order chi connectivity index (χ1) is 19.7. The van der Waals surface area contributed by atoms with Crippen molar-refractivity contribution in [2.45, 2.75) is 68.5 Å². The van der Waals surface area contributed by atoms with Gasteiger partial charge in [-0.2, -0.15) is 0 Å². The van der Waals surface area contributed by atoms with Crippen LogP contribution in [-0.2, 0) is 32.6 Å². The second kappa shape index (κ2) is 14.4. The molecule has 1 aliphatic rings. The molecule has 0 saturated heterocycles. The van der Waals surface area contributed by atoms with Crippen LogP contribution >= 0.6 is 0 Å². The number of rotatable bonds is 13. The third kappa shape index (κ3) is 8.47. The molecule has 2 amide bonds. The van der Waals surface area contributed by atoms with E-state index in [0.29, 0.717) is 12.0 Å². The minimum absolute atomic E-state index is 0.0534. The third-order valence-electron chi connectivity index (χ3n) is 7.55. The van der Waals surface area contributed by atoms with Crippen molar-refractivity contribution in [1.82, 2.24) is 14.5 Å². The van der Waals surface area contributed by atoms with E-state index in [4.69, 9.17) is 0 Å². The zero-order valence-electron chi connectivity index (χ0n) is 23.4. The summed E-state index contributed by atoms with van der Waals surface area (Å²) >= 11 is 0. The van der Waals surface area contributed by atoms with Crippen LogP contribution in [0.1, 0.15) is 49.7 Å². The molecular formula is C32H38FN3O4S. The van der Waals surface area contributed by atoms with Gasteiger partial charge < -0.3 is 10.2 Å². The molecule has 0 spiro atoms. The molecule has 1 saturated carbocycles. The molecule has 0 aliphatic heterocycles. The number of sulfonamides is 1. The highest BCUT2D eigenvalue weighted by molar-refractivity contribution is 7.89. The number of hydrogen-bond donors (Lipinski definition) is 1. The summed E-state index contributed by atoms with van der Waals surface area (Å²) in [4.78, 5) is 29.3. The van der Waals surface area contributed by atoms with Gasteiger partial charge in [-0.15, -0.1) is 0 Å². The molecule has 41 heavy (non-hydrogen) atoms. The first-order valence-corrected chi connectivity index (χ1v) is 15.6. The van der Waals surface area contributed by atoms with Gasteiger partial charge in [0.1, 0.15) is 11.9 Å². The topological polar surface area (TPSA) is 86.8 Å². The summed E-state index contributed by atoms with van der Waals surface area (Å²) in [5.41, 5.74) is 1.62. The number of halogens is 1. The van der Waals surface area contributed by atoms with Crippen LogP contribution in [0.15, 0.2) is 89.8 Å². The Hall–Kier alpha value is -3.56. The van der Waals surface area contributed by atoms with E-state index in [1.807, 2.05) is 30.3 Å². The first-order valence-electron chi connectivity index (χ1n) is 14.1. The Labute approximate surface area is 242 Å². The molecule has 4 rings (SSSR count). The Balaban J connectivity index is 1.53. The number of hydrogen-bond acceptors (Lipinski definition) is 4. The maximum atomic E-state index is 13.8. The molecule has 1 N–H and O–H groups in total. The number of amides is 2. The summed E-state index contributed by atoms with van der Waals surface area (Å²) < 4.78 is 40.7. The molecule has 1 atom stereocenters. The predicted octanol–water partition coefficient (Wildman–Crippen LogP) is 4.93. The SMILES string of the molecule is CN(CCCC(=O)N(Cc1ccc(F)cc1)C(Cc1ccccc1)C(=O)NC1CCCC1)S(=O)(=O)c1ccccc1. The van der Waals surface area contributed by atoms with Gasteiger partial charge in [0.25, 0.3) is 0 Å². The highest BCUT2D eigenvalue weighted by Crippen LogP contribution is 2.21. The zero-order chi connectivity index (χ0) is 29.2. The summed E-state index contributed by atoms with van der Waals surface area (Å²) in [5.74, 6) is -0.851. The lowest BCUT2D eigenvalue weighted by molar-refractivity contribution is -0.141. The van der Waals surface area contributed by atoms with Gasteiger partial charge in [-0.25, -0.2) is 17.1 Å². The summed E-state index contributed by atoms with van der Waals surface area (Å²) in [6, 6.07) is 22.9. The van der Waals surface area contributed by atoms with Crippen LogP contribution in [0.3, 0.4) is 0 Å². The average Bonchev–Trinajstić information content (AvgIpc) is 3.49. The fourth-order valence-electron chi connectivity index (χ4n) is 5.20. The van der Waals surface area contributed by atoms with Crippen molar-refractivity contribution in [3.05, 3.63) is 102 Å². The van der Waals surface area contributed by atoms with Crippen molar-refractivity contribution in [2.24, 2.45) is 0 Å². The highest BCUT2D eigenvalue weighted by Gasteiger charge is 2.32. The maximum absolute atomic E-state index is 13.8. The Kier molecular flexibility index (Phi) is 10.7. The second-order valence-electron chi connectivity index (χ2n) is 10.6. The first kappa shape index (κ1) is 30.4. The molecule has 218 valence electrons. The van der Waals surface area contributed by atoms with E-state index >= 15 is 0 Å². The third-order valence-corrected chi connectivity index (χ3v) is 9.42. The van der Waals surface area contributed by atoms with Gasteiger partial charge in [0.15, 0.2) is 0 Å². The molecule has 1 aliphatic carbocycles. The second-order valence-corrected chi connectivity index (χ2v) is 12.6. The van der Waals surface area contributed by atoms with Crippen LogP contribution in [0.25, 0.3) is 0 Å². The smallest absolute Gasteiger partial charge is 0.243 e. The largest absolute Gasteiger partial charge is 0.352 e. The molecule has 3 aromatic rings. The molecule has 0 heterocycles. The Morgan fingerprint density at radius 1 is 0.902 bits per heavy atom. The molecule has 9 heteroatoms. The van der Waals surface area contributed by atoms with E-state index in [2.05, 4.69) is 5.32 Å². The van der Waals surface area contributed by atoms with Gasteiger partial charge in [0, 0.05) is 39.0 Å². The van der Waals surface area contributed by atoms with Crippen LogP contribution in [0, 0.1) is 5.82 Å². The van der Waals surface area contributed by atoms with Crippen LogP contribution < -0.4 is 5.32 Å². The molecule has 3 aromatic carbocycles. The summed E-state index contributed by atoms with van der Waals surface area (Å²) in [6.07, 6.45) is 4.61. The van der Waals surface area contributed by atoms with Gasteiger partial charge >= 0.3 is 0 Å². The molecule has 0 radical (unpaired) electrons. The summed E-state index contributed by atoms with van der Waals surface area (Å²) in [5, 5.41) is 3.16. The number of nitrogens with one attached hydrogen (secondary N) is 1. The molecule has 1 fully saturated rings. The van der Waals surface area contributed by atoms with Crippen molar-refractivity contribution in [2.75, 3.05) is 13.6 Å². The quantitative estimate of drug-likeness (QED) is 0.311. The average molecular weight is 580 g/mol. The van der Waals surface area contributed by atoms with Gasteiger partial charge in [-0.05, 0) is 54.7 Å². The number of carbonyl (C=O) groups is 2. The summed E-state index contributed by atoms with van der Waals surface area (Å²) in [6.45, 7) is 0.276. The standard InChI is InChI=1S/C32H38FN3O4S/c1-35(41(39,40)29-15-6-3-7-16-29)22-10-17-31(37)36(24-26-18-20-27(33)21-19-26)30(23-25-11-4-2-5-12-25)32(38)34-28-13-8-9-14-28/h2-7,11-12,15-16,18-21,28,30H,8-10,13-14,17,22-24H2,1H3,(H,34,38). The maximum Gasteiger partial charge on any atom is 0.243 e. The van der Waals surface area contributed by atoms with Crippen molar-refractivity contribution >= 4 is 21.8 Å². The van der Waals surface area contributed by atoms with E-state index in [1.54, 1.807) is 47.4 Å². The van der Waals surface area contributed by atoms with Crippen molar-refractivity contribution in [1.29, 1.82) is 0 Å². The van der Waals surface area contributed by atoms with E-state index < -0.39 is 16.1 Å². The van der Waals surface area contributed by atoms with E-state index in [0.717, 1.165) is 31.2 Å². The Morgan fingerprint density at radius 2 is 1.51 bits per heavy atom. The van der Waals surface area contributed by atoms with Crippen molar-refractivity contribution in [3.8, 4) is 0 Å². The monoisotopic (exact) mass is 579 g/mol. The Bertz CT molecular complexity index is 1380. The van der Waals surface area contributed by atoms with Gasteiger partial charge in [-0.3, -0.25) is 9.59 Å². The number of nitrogens with zero attached hydrogens (tertiary/aromatic N) is 2. The summed E-state index contributed by atoms with van der Waals surface area (Å²) in [7, 11) is -2.19. The minimum atomic E-state index is -3.68. The van der Waals surface area contributed by atoms with Crippen LogP contribution in [0.5, 0.6) is 0 Å². The fraction of sp³-hybridized carbons (Fsp3) is 0.375. The molecule has 0 aromatic heterocycles. The highest BCUT2D eigenvalue weighted by atomic mass is 32.2. The minimum Gasteiger partial charge on any atom is -0.352 e. The zero-order valence-corrected chi connectivity index (χ0v) is 24.2. The van der Waals surface area contributed by atoms with Crippen molar-refractivity contribution in [3.63, 3.8) is 0 Å². The van der Waals surface area contributed by atoms with Crippen molar-refractivity contribution < 1.29 is 22.4 Å². The van der Waals surface area contributed by atoms with Crippen LogP contribution in [0.4, 0.5) is 4.39 Å². The van der Waals surface area contributed by atoms with Crippen LogP contribution in [-0.4, -0.2) is 55.1 Å². The molecule has 7 nitrogen and oxygen atoms in total. The van der Waals surface area contributed by atoms with Crippen LogP contribution in [0.2, 0.25) is 0 Å². The van der Waals surface area contributed by atoms with E-state index in [1.165, 1.54) is 23.5 Å². The van der Waals surface area contributed by atoms with E-state index in [9.17, 15) is 22.4 Å². The molecule has 1 unspecified atom stereocenters.